The zero-order valence-electron chi connectivity index (χ0n) is 8.87. The molecule has 0 radical (unpaired) electrons. The van der Waals surface area contributed by atoms with E-state index in [1.165, 1.54) is 19.2 Å². The number of aromatic nitrogens is 2. The van der Waals surface area contributed by atoms with Crippen LogP contribution in [-0.4, -0.2) is 16.6 Å². The smallest absolute Gasteiger partial charge is 0.221 e. The zero-order valence-corrected chi connectivity index (χ0v) is 9.63. The van der Waals surface area contributed by atoms with Crippen LogP contribution >= 0.6 is 11.6 Å². The van der Waals surface area contributed by atoms with Crippen molar-refractivity contribution in [2.45, 2.75) is 32.6 Å². The molecular formula is C11H15ClN2O. The average Bonchev–Trinajstić information content (AvgIpc) is 3.02. The van der Waals surface area contributed by atoms with Crippen molar-refractivity contribution in [2.75, 3.05) is 6.61 Å². The van der Waals surface area contributed by atoms with Crippen molar-refractivity contribution in [2.24, 2.45) is 5.92 Å². The summed E-state index contributed by atoms with van der Waals surface area (Å²) in [6.07, 6.45) is 6.10. The van der Waals surface area contributed by atoms with Gasteiger partial charge in [0, 0.05) is 0 Å². The predicted molar refractivity (Wildman–Crippen MR) is 59.3 cm³/mol. The maximum atomic E-state index is 5.95. The number of rotatable bonds is 5. The fourth-order valence-electron chi connectivity index (χ4n) is 1.53. The minimum Gasteiger partial charge on any atom is -0.477 e. The van der Waals surface area contributed by atoms with E-state index in [2.05, 4.69) is 9.97 Å². The van der Waals surface area contributed by atoms with E-state index in [1.54, 1.807) is 0 Å². The fraction of sp³-hybridized carbons (Fsp3) is 0.636. The van der Waals surface area contributed by atoms with Gasteiger partial charge in [0.1, 0.15) is 11.5 Å². The summed E-state index contributed by atoms with van der Waals surface area (Å²) in [5.41, 5.74) is 0.912. The van der Waals surface area contributed by atoms with Gasteiger partial charge in [-0.2, -0.15) is 0 Å². The molecule has 0 bridgehead atoms. The Morgan fingerprint density at radius 3 is 2.93 bits per heavy atom. The maximum absolute atomic E-state index is 5.95. The van der Waals surface area contributed by atoms with E-state index < -0.39 is 0 Å². The van der Waals surface area contributed by atoms with Crippen LogP contribution in [0.1, 0.15) is 31.7 Å². The minimum atomic E-state index is 0.508. The van der Waals surface area contributed by atoms with Gasteiger partial charge in [-0.3, -0.25) is 0 Å². The second kappa shape index (κ2) is 4.79. The van der Waals surface area contributed by atoms with E-state index in [4.69, 9.17) is 16.3 Å². The third kappa shape index (κ3) is 2.81. The Kier molecular flexibility index (Phi) is 3.41. The molecule has 82 valence electrons. The van der Waals surface area contributed by atoms with Crippen LogP contribution in [0.4, 0.5) is 0 Å². The Bertz CT molecular complexity index is 339. The molecule has 0 spiro atoms. The first-order valence-corrected chi connectivity index (χ1v) is 5.81. The molecule has 1 fully saturated rings. The van der Waals surface area contributed by atoms with Gasteiger partial charge in [-0.25, -0.2) is 9.97 Å². The van der Waals surface area contributed by atoms with E-state index in [1.807, 2.05) is 6.92 Å². The zero-order chi connectivity index (χ0) is 10.7. The molecule has 2 rings (SSSR count). The Labute approximate surface area is 94.8 Å². The first-order chi connectivity index (χ1) is 7.31. The van der Waals surface area contributed by atoms with E-state index in [9.17, 15) is 0 Å². The first-order valence-electron chi connectivity index (χ1n) is 5.43. The predicted octanol–water partition coefficient (Wildman–Crippen LogP) is 2.87. The standard InChI is InChI=1S/C11H15ClN2O/c1-2-9-10(12)13-7-14-11(9)15-6-5-8-3-4-8/h7-8H,2-6H2,1H3. The van der Waals surface area contributed by atoms with Crippen LogP contribution in [-0.2, 0) is 6.42 Å². The Morgan fingerprint density at radius 2 is 2.27 bits per heavy atom. The highest BCUT2D eigenvalue weighted by molar-refractivity contribution is 6.30. The van der Waals surface area contributed by atoms with Crippen molar-refractivity contribution in [3.63, 3.8) is 0 Å². The van der Waals surface area contributed by atoms with Crippen LogP contribution in [0.25, 0.3) is 0 Å². The molecule has 0 N–H and O–H groups in total. The lowest BCUT2D eigenvalue weighted by molar-refractivity contribution is 0.288. The number of nitrogens with zero attached hydrogens (tertiary/aromatic N) is 2. The second-order valence-corrected chi connectivity index (χ2v) is 4.24. The molecule has 0 aromatic carbocycles. The summed E-state index contributed by atoms with van der Waals surface area (Å²) in [5, 5.41) is 0.508. The van der Waals surface area contributed by atoms with Crippen LogP contribution < -0.4 is 4.74 Å². The van der Waals surface area contributed by atoms with Gasteiger partial charge in [-0.05, 0) is 18.8 Å². The van der Waals surface area contributed by atoms with Gasteiger partial charge in [-0.15, -0.1) is 0 Å². The van der Waals surface area contributed by atoms with Crippen LogP contribution in [0.2, 0.25) is 5.15 Å². The van der Waals surface area contributed by atoms with E-state index >= 15 is 0 Å². The molecule has 15 heavy (non-hydrogen) atoms. The van der Waals surface area contributed by atoms with Gasteiger partial charge in [0.25, 0.3) is 0 Å². The average molecular weight is 227 g/mol. The highest BCUT2D eigenvalue weighted by atomic mass is 35.5. The van der Waals surface area contributed by atoms with E-state index in [0.29, 0.717) is 11.0 Å². The lowest BCUT2D eigenvalue weighted by atomic mass is 10.2. The molecule has 1 aliphatic carbocycles. The van der Waals surface area contributed by atoms with Crippen molar-refractivity contribution in [3.8, 4) is 5.88 Å². The molecule has 0 aliphatic heterocycles. The number of hydrogen-bond donors (Lipinski definition) is 0. The normalized spacial score (nSPS) is 15.3. The SMILES string of the molecule is CCc1c(Cl)ncnc1OCCC1CC1. The molecule has 0 atom stereocenters. The van der Waals surface area contributed by atoms with Gasteiger partial charge >= 0.3 is 0 Å². The molecule has 1 aliphatic rings. The topological polar surface area (TPSA) is 35.0 Å². The molecule has 4 heteroatoms. The quantitative estimate of drug-likeness (QED) is 0.725. The molecule has 3 nitrogen and oxygen atoms in total. The van der Waals surface area contributed by atoms with Crippen molar-refractivity contribution in [1.29, 1.82) is 0 Å². The highest BCUT2D eigenvalue weighted by Gasteiger charge is 2.21. The molecule has 0 saturated heterocycles. The summed E-state index contributed by atoms with van der Waals surface area (Å²) >= 11 is 5.95. The lowest BCUT2D eigenvalue weighted by Crippen LogP contribution is -2.03. The number of hydrogen-bond acceptors (Lipinski definition) is 3. The van der Waals surface area contributed by atoms with E-state index in [-0.39, 0.29) is 0 Å². The van der Waals surface area contributed by atoms with Gasteiger partial charge in [0.15, 0.2) is 0 Å². The van der Waals surface area contributed by atoms with Crippen LogP contribution in [0, 0.1) is 5.92 Å². The van der Waals surface area contributed by atoms with Crippen LogP contribution in [0.15, 0.2) is 6.33 Å². The Hall–Kier alpha value is -0.830. The Balaban J connectivity index is 1.95. The second-order valence-electron chi connectivity index (χ2n) is 3.88. The summed E-state index contributed by atoms with van der Waals surface area (Å²) in [6.45, 7) is 2.77. The summed E-state index contributed by atoms with van der Waals surface area (Å²) in [7, 11) is 0. The summed E-state index contributed by atoms with van der Waals surface area (Å²) in [5.74, 6) is 1.53. The maximum Gasteiger partial charge on any atom is 0.221 e. The molecule has 1 saturated carbocycles. The van der Waals surface area contributed by atoms with Crippen molar-refractivity contribution in [1.82, 2.24) is 9.97 Å². The summed E-state index contributed by atoms with van der Waals surface area (Å²) in [4.78, 5) is 8.05. The highest BCUT2D eigenvalue weighted by Crippen LogP contribution is 2.32. The van der Waals surface area contributed by atoms with Crippen molar-refractivity contribution >= 4 is 11.6 Å². The van der Waals surface area contributed by atoms with Gasteiger partial charge in [0.05, 0.1) is 12.2 Å². The molecule has 0 amide bonds. The number of halogens is 1. The largest absolute Gasteiger partial charge is 0.477 e. The van der Waals surface area contributed by atoms with Gasteiger partial charge < -0.3 is 4.74 Å². The third-order valence-electron chi connectivity index (χ3n) is 2.67. The van der Waals surface area contributed by atoms with Crippen LogP contribution in [0.3, 0.4) is 0 Å². The van der Waals surface area contributed by atoms with Crippen LogP contribution in [0.5, 0.6) is 5.88 Å². The lowest BCUT2D eigenvalue weighted by Gasteiger charge is -2.09. The van der Waals surface area contributed by atoms with Gasteiger partial charge in [0.2, 0.25) is 5.88 Å². The Morgan fingerprint density at radius 1 is 1.47 bits per heavy atom. The monoisotopic (exact) mass is 226 g/mol. The van der Waals surface area contributed by atoms with Crippen molar-refractivity contribution in [3.05, 3.63) is 17.0 Å². The van der Waals surface area contributed by atoms with Crippen molar-refractivity contribution < 1.29 is 4.74 Å². The number of ether oxygens (including phenoxy) is 1. The minimum absolute atomic E-state index is 0.508. The molecule has 1 aromatic heterocycles. The first kappa shape index (κ1) is 10.7. The van der Waals surface area contributed by atoms with E-state index in [0.717, 1.165) is 30.9 Å². The summed E-state index contributed by atoms with van der Waals surface area (Å²) in [6, 6.07) is 0. The molecule has 0 unspecified atom stereocenters. The molecule has 1 heterocycles. The van der Waals surface area contributed by atoms with Gasteiger partial charge in [-0.1, -0.05) is 31.4 Å². The third-order valence-corrected chi connectivity index (χ3v) is 2.99. The molecule has 1 aromatic rings. The molecular weight excluding hydrogens is 212 g/mol. The fourth-order valence-corrected chi connectivity index (χ4v) is 1.78. The summed E-state index contributed by atoms with van der Waals surface area (Å²) < 4.78 is 5.62.